The Hall–Kier alpha value is -1.15. The first-order chi connectivity index (χ1) is 10.6. The molecule has 1 saturated heterocycles. The van der Waals surface area contributed by atoms with Gasteiger partial charge < -0.3 is 9.30 Å². The molecule has 3 rings (SSSR count). The van der Waals surface area contributed by atoms with E-state index in [1.54, 1.807) is 18.2 Å². The Kier molecular flexibility index (Phi) is 4.40. The molecular formula is C14H18ClN3O3S. The Labute approximate surface area is 134 Å². The summed E-state index contributed by atoms with van der Waals surface area (Å²) < 4.78 is 34.0. The molecule has 1 aliphatic heterocycles. The molecule has 2 aromatic rings. The van der Waals surface area contributed by atoms with E-state index in [0.29, 0.717) is 37.7 Å². The minimum absolute atomic E-state index is 0.267. The zero-order valence-corrected chi connectivity index (χ0v) is 13.9. The third kappa shape index (κ3) is 2.62. The molecule has 0 saturated carbocycles. The Morgan fingerprint density at radius 2 is 2.05 bits per heavy atom. The highest BCUT2D eigenvalue weighted by Crippen LogP contribution is 2.24. The molecule has 0 unspecified atom stereocenters. The van der Waals surface area contributed by atoms with E-state index in [1.165, 1.54) is 4.31 Å². The van der Waals surface area contributed by atoms with Gasteiger partial charge in [-0.3, -0.25) is 0 Å². The van der Waals surface area contributed by atoms with Crippen molar-refractivity contribution in [3.63, 3.8) is 0 Å². The average molecular weight is 344 g/mol. The molecular weight excluding hydrogens is 326 g/mol. The number of imidazole rings is 1. The standard InChI is InChI=1S/C14H18ClN3O3S/c1-2-18-13-4-3-11(9-12(13)16-14(18)10-15)22(19,20)17-5-7-21-8-6-17/h3-4,9H,2,5-8,10H2,1H3. The van der Waals surface area contributed by atoms with E-state index in [1.807, 2.05) is 11.5 Å². The molecule has 120 valence electrons. The normalized spacial score (nSPS) is 17.2. The van der Waals surface area contributed by atoms with Gasteiger partial charge >= 0.3 is 0 Å². The van der Waals surface area contributed by atoms with Crippen molar-refractivity contribution in [2.75, 3.05) is 26.3 Å². The minimum atomic E-state index is -3.50. The van der Waals surface area contributed by atoms with E-state index in [0.717, 1.165) is 17.9 Å². The number of sulfonamides is 1. The summed E-state index contributed by atoms with van der Waals surface area (Å²) in [5.74, 6) is 1.05. The molecule has 1 aromatic heterocycles. The van der Waals surface area contributed by atoms with Crippen LogP contribution in [-0.4, -0.2) is 48.6 Å². The molecule has 0 amide bonds. The van der Waals surface area contributed by atoms with E-state index < -0.39 is 10.0 Å². The van der Waals surface area contributed by atoms with Crippen LogP contribution in [0.25, 0.3) is 11.0 Å². The number of halogens is 1. The smallest absolute Gasteiger partial charge is 0.243 e. The van der Waals surface area contributed by atoms with Crippen molar-refractivity contribution in [1.82, 2.24) is 13.9 Å². The number of alkyl halides is 1. The lowest BCUT2D eigenvalue weighted by molar-refractivity contribution is 0.0730. The topological polar surface area (TPSA) is 64.4 Å². The predicted molar refractivity (Wildman–Crippen MR) is 84.5 cm³/mol. The number of aryl methyl sites for hydroxylation is 1. The number of nitrogens with zero attached hydrogens (tertiary/aromatic N) is 3. The third-order valence-electron chi connectivity index (χ3n) is 3.84. The Bertz CT molecular complexity index is 782. The van der Waals surface area contributed by atoms with Crippen LogP contribution in [0, 0.1) is 0 Å². The largest absolute Gasteiger partial charge is 0.379 e. The number of aromatic nitrogens is 2. The molecule has 0 spiro atoms. The van der Waals surface area contributed by atoms with Crippen molar-refractivity contribution in [1.29, 1.82) is 0 Å². The van der Waals surface area contributed by atoms with E-state index in [4.69, 9.17) is 16.3 Å². The highest BCUT2D eigenvalue weighted by molar-refractivity contribution is 7.89. The first-order valence-electron chi connectivity index (χ1n) is 7.21. The highest BCUT2D eigenvalue weighted by atomic mass is 35.5. The Morgan fingerprint density at radius 1 is 1.32 bits per heavy atom. The van der Waals surface area contributed by atoms with Gasteiger partial charge in [-0.05, 0) is 25.1 Å². The molecule has 0 atom stereocenters. The number of hydrogen-bond acceptors (Lipinski definition) is 4. The lowest BCUT2D eigenvalue weighted by atomic mass is 10.3. The molecule has 0 aliphatic carbocycles. The minimum Gasteiger partial charge on any atom is -0.379 e. The fourth-order valence-corrected chi connectivity index (χ4v) is 4.34. The second-order valence-corrected chi connectivity index (χ2v) is 7.28. The molecule has 0 radical (unpaired) electrons. The summed E-state index contributed by atoms with van der Waals surface area (Å²) >= 11 is 5.91. The quantitative estimate of drug-likeness (QED) is 0.794. The molecule has 2 heterocycles. The molecule has 1 aliphatic rings. The summed E-state index contributed by atoms with van der Waals surface area (Å²) in [6, 6.07) is 5.07. The SMILES string of the molecule is CCn1c(CCl)nc2cc(S(=O)(=O)N3CCOCC3)ccc21. The van der Waals surface area contributed by atoms with Crippen LogP contribution >= 0.6 is 11.6 Å². The van der Waals surface area contributed by atoms with Crippen LogP contribution in [0.3, 0.4) is 0 Å². The third-order valence-corrected chi connectivity index (χ3v) is 5.98. The molecule has 1 fully saturated rings. The van der Waals surface area contributed by atoms with Crippen molar-refractivity contribution in [3.05, 3.63) is 24.0 Å². The maximum Gasteiger partial charge on any atom is 0.243 e. The van der Waals surface area contributed by atoms with Crippen LogP contribution < -0.4 is 0 Å². The van der Waals surface area contributed by atoms with Gasteiger partial charge in [-0.25, -0.2) is 13.4 Å². The number of ether oxygens (including phenoxy) is 1. The lowest BCUT2D eigenvalue weighted by Crippen LogP contribution is -2.40. The first kappa shape index (κ1) is 15.7. The highest BCUT2D eigenvalue weighted by Gasteiger charge is 2.27. The average Bonchev–Trinajstić information content (AvgIpc) is 2.92. The zero-order valence-electron chi connectivity index (χ0n) is 12.3. The number of morpholine rings is 1. The fraction of sp³-hybridized carbons (Fsp3) is 0.500. The van der Waals surface area contributed by atoms with Crippen molar-refractivity contribution in [2.45, 2.75) is 24.2 Å². The van der Waals surface area contributed by atoms with Crippen LogP contribution in [0.15, 0.2) is 23.1 Å². The number of fused-ring (bicyclic) bond motifs is 1. The monoisotopic (exact) mass is 343 g/mol. The summed E-state index contributed by atoms with van der Waals surface area (Å²) in [6.07, 6.45) is 0. The van der Waals surface area contributed by atoms with Crippen LogP contribution in [-0.2, 0) is 27.2 Å². The van der Waals surface area contributed by atoms with Gasteiger partial charge in [-0.15, -0.1) is 11.6 Å². The van der Waals surface area contributed by atoms with Gasteiger partial charge in [0.15, 0.2) is 0 Å². The fourth-order valence-electron chi connectivity index (χ4n) is 2.71. The summed E-state index contributed by atoms with van der Waals surface area (Å²) in [4.78, 5) is 4.71. The first-order valence-corrected chi connectivity index (χ1v) is 9.18. The van der Waals surface area contributed by atoms with Crippen molar-refractivity contribution in [2.24, 2.45) is 0 Å². The van der Waals surface area contributed by atoms with Crippen molar-refractivity contribution in [3.8, 4) is 0 Å². The van der Waals surface area contributed by atoms with E-state index in [2.05, 4.69) is 4.98 Å². The molecule has 0 bridgehead atoms. The van der Waals surface area contributed by atoms with Crippen LogP contribution in [0.1, 0.15) is 12.7 Å². The van der Waals surface area contributed by atoms with Crippen LogP contribution in [0.5, 0.6) is 0 Å². The van der Waals surface area contributed by atoms with E-state index in [-0.39, 0.29) is 4.90 Å². The lowest BCUT2D eigenvalue weighted by Gasteiger charge is -2.26. The van der Waals surface area contributed by atoms with Gasteiger partial charge in [0.1, 0.15) is 5.82 Å². The molecule has 8 heteroatoms. The number of hydrogen-bond donors (Lipinski definition) is 0. The number of benzene rings is 1. The maximum atomic E-state index is 12.7. The van der Waals surface area contributed by atoms with Crippen molar-refractivity contribution < 1.29 is 13.2 Å². The summed E-state index contributed by atoms with van der Waals surface area (Å²) in [6.45, 7) is 4.39. The maximum absolute atomic E-state index is 12.7. The molecule has 6 nitrogen and oxygen atoms in total. The second-order valence-electron chi connectivity index (χ2n) is 5.07. The summed E-state index contributed by atoms with van der Waals surface area (Å²) in [5, 5.41) is 0. The van der Waals surface area contributed by atoms with Gasteiger partial charge in [-0.1, -0.05) is 0 Å². The molecule has 0 N–H and O–H groups in total. The van der Waals surface area contributed by atoms with Gasteiger partial charge in [0.25, 0.3) is 0 Å². The number of rotatable bonds is 4. The predicted octanol–water partition coefficient (Wildman–Crippen LogP) is 1.82. The van der Waals surface area contributed by atoms with Crippen LogP contribution in [0.2, 0.25) is 0 Å². The van der Waals surface area contributed by atoms with Gasteiger partial charge in [0.2, 0.25) is 10.0 Å². The van der Waals surface area contributed by atoms with Crippen molar-refractivity contribution >= 4 is 32.7 Å². The zero-order chi connectivity index (χ0) is 15.7. The second kappa shape index (κ2) is 6.16. The molecule has 22 heavy (non-hydrogen) atoms. The van der Waals surface area contributed by atoms with E-state index >= 15 is 0 Å². The Morgan fingerprint density at radius 3 is 2.68 bits per heavy atom. The van der Waals surface area contributed by atoms with Gasteiger partial charge in [0.05, 0.1) is 35.0 Å². The van der Waals surface area contributed by atoms with E-state index in [9.17, 15) is 8.42 Å². The van der Waals surface area contributed by atoms with Gasteiger partial charge in [-0.2, -0.15) is 4.31 Å². The Balaban J connectivity index is 2.04. The summed E-state index contributed by atoms with van der Waals surface area (Å²) in [5.41, 5.74) is 1.56. The molecule has 1 aromatic carbocycles. The van der Waals surface area contributed by atoms with Gasteiger partial charge in [0, 0.05) is 19.6 Å². The van der Waals surface area contributed by atoms with Crippen LogP contribution in [0.4, 0.5) is 0 Å². The summed E-state index contributed by atoms with van der Waals surface area (Å²) in [7, 11) is -3.50.